The number of nitrogens with one attached hydrogen (secondary N) is 1. The molecule has 0 unspecified atom stereocenters. The van der Waals surface area contributed by atoms with Gasteiger partial charge in [0.2, 0.25) is 5.95 Å². The zero-order valence-corrected chi connectivity index (χ0v) is 21.9. The predicted octanol–water partition coefficient (Wildman–Crippen LogP) is 3.66. The van der Waals surface area contributed by atoms with Gasteiger partial charge in [0.25, 0.3) is 0 Å². The number of fused-ring (bicyclic) bond motifs is 2. The van der Waals surface area contributed by atoms with Crippen molar-refractivity contribution >= 4 is 34.6 Å². The molecule has 0 saturated carbocycles. The summed E-state index contributed by atoms with van der Waals surface area (Å²) in [6.07, 6.45) is 7.75. The summed E-state index contributed by atoms with van der Waals surface area (Å²) in [5, 5.41) is 3.36. The van der Waals surface area contributed by atoms with Gasteiger partial charge in [-0.2, -0.15) is 0 Å². The summed E-state index contributed by atoms with van der Waals surface area (Å²) >= 11 is 0. The zero-order chi connectivity index (χ0) is 26.4. The number of likely N-dealkylation sites (N-methyl/N-ethyl adjacent to an activating group) is 2. The lowest BCUT2D eigenvalue weighted by Gasteiger charge is -2.25. The van der Waals surface area contributed by atoms with Gasteiger partial charge in [0.15, 0.2) is 5.82 Å². The minimum atomic E-state index is -0.965. The highest BCUT2D eigenvalue weighted by Crippen LogP contribution is 2.31. The quantitative estimate of drug-likeness (QED) is 0.413. The average Bonchev–Trinajstić information content (AvgIpc) is 3.45. The van der Waals surface area contributed by atoms with Crippen LogP contribution in [0.1, 0.15) is 23.4 Å². The molecule has 4 heterocycles. The van der Waals surface area contributed by atoms with E-state index >= 15 is 0 Å². The fourth-order valence-electron chi connectivity index (χ4n) is 5.11. The molecular weight excluding hydrogens is 485 g/mol. The molecule has 3 aromatic heterocycles. The molecule has 1 aromatic carbocycles. The van der Waals surface area contributed by atoms with Crippen molar-refractivity contribution in [3.05, 3.63) is 59.8 Å². The molecule has 1 saturated heterocycles. The number of hydrogen-bond acceptors (Lipinski definition) is 9. The number of hydrogen-bond donors (Lipinski definition) is 1. The van der Waals surface area contributed by atoms with Crippen LogP contribution in [0.3, 0.4) is 0 Å². The summed E-state index contributed by atoms with van der Waals surface area (Å²) in [5.74, 6) is 2.69. The highest BCUT2D eigenvalue weighted by Gasteiger charge is 2.35. The lowest BCUT2D eigenvalue weighted by atomic mass is 10.1. The van der Waals surface area contributed by atoms with Gasteiger partial charge in [-0.3, -0.25) is 0 Å². The van der Waals surface area contributed by atoms with Crippen molar-refractivity contribution in [1.82, 2.24) is 34.4 Å². The van der Waals surface area contributed by atoms with E-state index in [1.807, 2.05) is 63.6 Å². The second-order valence-corrected chi connectivity index (χ2v) is 10.0. The maximum absolute atomic E-state index is 14.5. The molecule has 1 N–H and O–H groups in total. The minimum Gasteiger partial charge on any atom is -0.461 e. The third kappa shape index (κ3) is 4.53. The molecule has 0 bridgehead atoms. The summed E-state index contributed by atoms with van der Waals surface area (Å²) in [5.41, 5.74) is 5.19. The molecule has 4 aromatic rings. The van der Waals surface area contributed by atoms with Crippen molar-refractivity contribution in [3.63, 3.8) is 0 Å². The molecule has 2 atom stereocenters. The number of aromatic nitrogens is 6. The Hall–Kier alpha value is -4.12. The van der Waals surface area contributed by atoms with Crippen LogP contribution in [0.15, 0.2) is 42.8 Å². The van der Waals surface area contributed by atoms with Gasteiger partial charge in [0.1, 0.15) is 35.0 Å². The van der Waals surface area contributed by atoms with Crippen LogP contribution >= 0.6 is 0 Å². The second-order valence-electron chi connectivity index (χ2n) is 10.0. The molecule has 6 rings (SSSR count). The second kappa shape index (κ2) is 9.64. The minimum absolute atomic E-state index is 0.308. The molecule has 1 fully saturated rings. The van der Waals surface area contributed by atoms with E-state index in [1.54, 1.807) is 11.1 Å². The van der Waals surface area contributed by atoms with Crippen molar-refractivity contribution in [1.29, 1.82) is 0 Å². The molecular formula is C27H30FN9O. The van der Waals surface area contributed by atoms with E-state index in [1.165, 1.54) is 12.0 Å². The first-order valence-corrected chi connectivity index (χ1v) is 12.6. The summed E-state index contributed by atoms with van der Waals surface area (Å²) in [6, 6.07) is 5.59. The Morgan fingerprint density at radius 2 is 1.97 bits per heavy atom. The Kier molecular flexibility index (Phi) is 6.15. The van der Waals surface area contributed by atoms with Crippen molar-refractivity contribution in [2.75, 3.05) is 37.4 Å². The highest BCUT2D eigenvalue weighted by molar-refractivity contribution is 5.87. The zero-order valence-electron chi connectivity index (χ0n) is 21.9. The Morgan fingerprint density at radius 3 is 2.76 bits per heavy atom. The van der Waals surface area contributed by atoms with Crippen molar-refractivity contribution in [2.45, 2.75) is 32.0 Å². The molecule has 11 heteroatoms. The molecule has 0 amide bonds. The molecule has 2 aliphatic rings. The number of aryl methyl sites for hydroxylation is 2. The van der Waals surface area contributed by atoms with Crippen LogP contribution in [0.4, 0.5) is 21.8 Å². The molecule has 196 valence electrons. The smallest absolute Gasteiger partial charge is 0.226 e. The van der Waals surface area contributed by atoms with Crippen LogP contribution in [0, 0.1) is 6.92 Å². The lowest BCUT2D eigenvalue weighted by Crippen LogP contribution is -2.40. The van der Waals surface area contributed by atoms with Crippen LogP contribution in [0.5, 0.6) is 5.75 Å². The highest BCUT2D eigenvalue weighted by atomic mass is 19.1. The molecule has 1 aliphatic heterocycles. The molecule has 10 nitrogen and oxygen atoms in total. The van der Waals surface area contributed by atoms with E-state index in [0.717, 1.165) is 41.3 Å². The molecule has 0 radical (unpaired) electrons. The monoisotopic (exact) mass is 515 g/mol. The molecule has 1 aliphatic carbocycles. The topological polar surface area (TPSA) is 97.1 Å². The third-order valence-corrected chi connectivity index (χ3v) is 7.26. The number of nitrogens with zero attached hydrogens (tertiary/aromatic N) is 8. The summed E-state index contributed by atoms with van der Waals surface area (Å²) in [7, 11) is 5.76. The molecule has 38 heavy (non-hydrogen) atoms. The van der Waals surface area contributed by atoms with Crippen molar-refractivity contribution in [2.24, 2.45) is 7.05 Å². The van der Waals surface area contributed by atoms with Gasteiger partial charge in [-0.05, 0) is 44.2 Å². The van der Waals surface area contributed by atoms with Crippen LogP contribution in [0.25, 0.3) is 17.1 Å². The van der Waals surface area contributed by atoms with Gasteiger partial charge in [-0.15, -0.1) is 0 Å². The number of anilines is 3. The van der Waals surface area contributed by atoms with Crippen LogP contribution < -0.4 is 15.0 Å². The summed E-state index contributed by atoms with van der Waals surface area (Å²) in [4.78, 5) is 26.1. The third-order valence-electron chi connectivity index (χ3n) is 7.26. The average molecular weight is 516 g/mol. The fourth-order valence-corrected chi connectivity index (χ4v) is 5.11. The number of imidazole rings is 1. The first-order chi connectivity index (χ1) is 18.4. The number of ether oxygens (including phenoxy) is 1. The predicted molar refractivity (Wildman–Crippen MR) is 144 cm³/mol. The Bertz CT molecular complexity index is 1530. The SMILES string of the molecule is Cc1cc(Nc2ncnc3cnc(N(C)[C@@H]4CN(C)C[C@@H]4F)nc23)ccc1OC1=Cc2ncn(C)c2CC1. The van der Waals surface area contributed by atoms with Gasteiger partial charge >= 0.3 is 0 Å². The van der Waals surface area contributed by atoms with Crippen molar-refractivity contribution < 1.29 is 9.13 Å². The number of benzene rings is 1. The number of allylic oxidation sites excluding steroid dienone is 1. The van der Waals surface area contributed by atoms with Gasteiger partial charge in [-0.25, -0.2) is 29.3 Å². The van der Waals surface area contributed by atoms with E-state index in [2.05, 4.69) is 29.8 Å². The van der Waals surface area contributed by atoms with Crippen LogP contribution in [-0.2, 0) is 13.5 Å². The van der Waals surface area contributed by atoms with Gasteiger partial charge < -0.3 is 24.4 Å². The van der Waals surface area contributed by atoms with Gasteiger partial charge in [-0.1, -0.05) is 0 Å². The first-order valence-electron chi connectivity index (χ1n) is 12.6. The number of likely N-dealkylation sites (tertiary alicyclic amines) is 1. The molecule has 0 spiro atoms. The Morgan fingerprint density at radius 1 is 1.11 bits per heavy atom. The Labute approximate surface area is 220 Å². The summed E-state index contributed by atoms with van der Waals surface area (Å²) in [6.45, 7) is 3.03. The van der Waals surface area contributed by atoms with E-state index in [4.69, 9.17) is 9.72 Å². The van der Waals surface area contributed by atoms with E-state index < -0.39 is 6.17 Å². The number of alkyl halides is 1. The lowest BCUT2D eigenvalue weighted by molar-refractivity contribution is 0.306. The maximum atomic E-state index is 14.5. The fraction of sp³-hybridized carbons (Fsp3) is 0.370. The van der Waals surface area contributed by atoms with E-state index in [-0.39, 0.29) is 6.04 Å². The largest absolute Gasteiger partial charge is 0.461 e. The van der Waals surface area contributed by atoms with Crippen LogP contribution in [0.2, 0.25) is 0 Å². The Balaban J connectivity index is 1.22. The first kappa shape index (κ1) is 24.2. The van der Waals surface area contributed by atoms with Crippen molar-refractivity contribution in [3.8, 4) is 5.75 Å². The number of rotatable bonds is 6. The van der Waals surface area contributed by atoms with Gasteiger partial charge in [0, 0.05) is 51.1 Å². The van der Waals surface area contributed by atoms with E-state index in [9.17, 15) is 4.39 Å². The number of halogens is 1. The standard InChI is InChI=1S/C27H30FN9O/c1-16-9-17(5-8-24(16)38-18-6-7-22-20(10-18)32-15-36(22)3)33-26-25-21(30-14-31-26)11-29-27(34-25)37(4)23-13-35(2)12-19(23)28/h5,8-11,14-15,19,23H,6-7,12-13H2,1-4H3,(H,30,31,33)/t19-,23+/m0/s1. The maximum Gasteiger partial charge on any atom is 0.226 e. The van der Waals surface area contributed by atoms with Gasteiger partial charge in [0.05, 0.1) is 24.3 Å². The van der Waals surface area contributed by atoms with E-state index in [0.29, 0.717) is 35.9 Å². The van der Waals surface area contributed by atoms with Crippen LogP contribution in [-0.4, -0.2) is 73.8 Å². The summed E-state index contributed by atoms with van der Waals surface area (Å²) < 4.78 is 22.8. The normalized spacial score (nSPS) is 19.3.